The molecule has 0 unspecified atom stereocenters. The molecule has 10 heteroatoms. The van der Waals surface area contributed by atoms with Gasteiger partial charge in [0.15, 0.2) is 0 Å². The first-order chi connectivity index (χ1) is 11.3. The number of amides is 1. The molecular formula is C14H17F3N6O. The molecule has 0 radical (unpaired) electrons. The molecule has 0 fully saturated rings. The van der Waals surface area contributed by atoms with Crippen molar-refractivity contribution in [3.05, 3.63) is 30.1 Å². The monoisotopic (exact) mass is 342 g/mol. The fraction of sp³-hybridized carbons (Fsp3) is 0.429. The van der Waals surface area contributed by atoms with Crippen molar-refractivity contribution in [3.8, 4) is 5.82 Å². The molecule has 0 aliphatic rings. The van der Waals surface area contributed by atoms with Crippen molar-refractivity contribution in [3.63, 3.8) is 0 Å². The quantitative estimate of drug-likeness (QED) is 0.782. The van der Waals surface area contributed by atoms with Crippen LogP contribution in [0.1, 0.15) is 17.8 Å². The normalized spacial score (nSPS) is 11.4. The van der Waals surface area contributed by atoms with Gasteiger partial charge in [0.2, 0.25) is 5.91 Å². The number of imidazole rings is 1. The first-order valence-electron chi connectivity index (χ1n) is 7.16. The van der Waals surface area contributed by atoms with E-state index in [2.05, 4.69) is 25.6 Å². The second kappa shape index (κ2) is 7.28. The maximum atomic E-state index is 12.0. The zero-order valence-corrected chi connectivity index (χ0v) is 13.2. The van der Waals surface area contributed by atoms with Crippen LogP contribution in [0.4, 0.5) is 19.0 Å². The lowest BCUT2D eigenvalue weighted by Gasteiger charge is -2.10. The Morgan fingerprint density at radius 1 is 1.21 bits per heavy atom. The molecule has 1 amide bonds. The van der Waals surface area contributed by atoms with Crippen LogP contribution < -0.4 is 10.6 Å². The third-order valence-electron chi connectivity index (χ3n) is 3.27. The highest BCUT2D eigenvalue weighted by atomic mass is 19.4. The second-order valence-corrected chi connectivity index (χ2v) is 5.12. The van der Waals surface area contributed by atoms with Crippen LogP contribution in [0.5, 0.6) is 0 Å². The lowest BCUT2D eigenvalue weighted by molar-refractivity contribution is -0.153. The molecule has 2 rings (SSSR count). The lowest BCUT2D eigenvalue weighted by Crippen LogP contribution is -2.32. The minimum absolute atomic E-state index is 0.0530. The van der Waals surface area contributed by atoms with Crippen LogP contribution in [-0.4, -0.2) is 44.7 Å². The Morgan fingerprint density at radius 2 is 1.96 bits per heavy atom. The Hall–Kier alpha value is -2.65. The predicted molar refractivity (Wildman–Crippen MR) is 80.8 cm³/mol. The number of aryl methyl sites for hydroxylation is 1. The zero-order chi connectivity index (χ0) is 17.7. The molecule has 24 heavy (non-hydrogen) atoms. The van der Waals surface area contributed by atoms with E-state index in [9.17, 15) is 18.0 Å². The van der Waals surface area contributed by atoms with Gasteiger partial charge in [0, 0.05) is 24.8 Å². The Kier molecular flexibility index (Phi) is 5.37. The third kappa shape index (κ3) is 4.93. The molecule has 0 bridgehead atoms. The van der Waals surface area contributed by atoms with E-state index in [4.69, 9.17) is 0 Å². The largest absolute Gasteiger partial charge is 0.397 e. The van der Waals surface area contributed by atoms with Gasteiger partial charge >= 0.3 is 6.18 Å². The molecule has 2 N–H and O–H groups in total. The third-order valence-corrected chi connectivity index (χ3v) is 3.27. The molecule has 0 atom stereocenters. The van der Waals surface area contributed by atoms with Crippen LogP contribution in [0.25, 0.3) is 5.82 Å². The van der Waals surface area contributed by atoms with Crippen LogP contribution in [-0.2, 0) is 4.79 Å². The van der Waals surface area contributed by atoms with Gasteiger partial charge in [-0.25, -0.2) is 15.0 Å². The zero-order valence-electron chi connectivity index (χ0n) is 13.2. The molecule has 0 aromatic carbocycles. The highest BCUT2D eigenvalue weighted by molar-refractivity contribution is 5.76. The van der Waals surface area contributed by atoms with E-state index >= 15 is 0 Å². The van der Waals surface area contributed by atoms with Gasteiger partial charge in [-0.15, -0.1) is 0 Å². The van der Waals surface area contributed by atoms with Crippen molar-refractivity contribution in [2.24, 2.45) is 0 Å². The summed E-state index contributed by atoms with van der Waals surface area (Å²) in [6.07, 6.45) is -2.97. The molecule has 0 saturated heterocycles. The van der Waals surface area contributed by atoms with Crippen molar-refractivity contribution >= 4 is 11.7 Å². The SMILES string of the molecule is Cc1ncn(-c2cc(NCCNC(=O)CC(F)(F)F)ncn2)c1C. The summed E-state index contributed by atoms with van der Waals surface area (Å²) in [5.41, 5.74) is 1.83. The Labute approximate surface area is 136 Å². The molecule has 0 saturated carbocycles. The van der Waals surface area contributed by atoms with Gasteiger partial charge in [-0.2, -0.15) is 13.2 Å². The minimum atomic E-state index is -4.50. The van der Waals surface area contributed by atoms with Crippen molar-refractivity contribution < 1.29 is 18.0 Å². The number of aromatic nitrogens is 4. The number of halogens is 3. The maximum absolute atomic E-state index is 12.0. The Bertz CT molecular complexity index is 713. The molecular weight excluding hydrogens is 325 g/mol. The number of alkyl halides is 3. The molecule has 130 valence electrons. The summed E-state index contributed by atoms with van der Waals surface area (Å²) in [5, 5.41) is 5.11. The summed E-state index contributed by atoms with van der Waals surface area (Å²) in [6.45, 7) is 4.09. The van der Waals surface area contributed by atoms with Gasteiger partial charge in [0.05, 0.1) is 5.69 Å². The van der Waals surface area contributed by atoms with E-state index in [1.807, 2.05) is 13.8 Å². The number of hydrogen-bond acceptors (Lipinski definition) is 5. The van der Waals surface area contributed by atoms with Gasteiger partial charge in [0.25, 0.3) is 0 Å². The predicted octanol–water partition coefficient (Wildman–Crippen LogP) is 1.76. The fourth-order valence-electron chi connectivity index (χ4n) is 1.94. The molecule has 0 aliphatic carbocycles. The first-order valence-corrected chi connectivity index (χ1v) is 7.16. The van der Waals surface area contributed by atoms with Gasteiger partial charge in [-0.1, -0.05) is 0 Å². The topological polar surface area (TPSA) is 84.7 Å². The van der Waals surface area contributed by atoms with E-state index in [1.54, 1.807) is 17.0 Å². The number of nitrogens with zero attached hydrogens (tertiary/aromatic N) is 4. The van der Waals surface area contributed by atoms with Crippen LogP contribution >= 0.6 is 0 Å². The van der Waals surface area contributed by atoms with Crippen molar-refractivity contribution in [2.75, 3.05) is 18.4 Å². The molecule has 0 spiro atoms. The van der Waals surface area contributed by atoms with Crippen LogP contribution in [0.15, 0.2) is 18.7 Å². The van der Waals surface area contributed by atoms with E-state index in [0.717, 1.165) is 11.4 Å². The van der Waals surface area contributed by atoms with Crippen LogP contribution in [0.3, 0.4) is 0 Å². The van der Waals surface area contributed by atoms with Gasteiger partial charge in [0.1, 0.15) is 30.7 Å². The van der Waals surface area contributed by atoms with Crippen molar-refractivity contribution in [2.45, 2.75) is 26.4 Å². The van der Waals surface area contributed by atoms with Gasteiger partial charge in [-0.05, 0) is 13.8 Å². The van der Waals surface area contributed by atoms with E-state index in [0.29, 0.717) is 11.6 Å². The van der Waals surface area contributed by atoms with E-state index < -0.39 is 18.5 Å². The lowest BCUT2D eigenvalue weighted by atomic mass is 10.4. The van der Waals surface area contributed by atoms with E-state index in [-0.39, 0.29) is 13.1 Å². The molecule has 7 nitrogen and oxygen atoms in total. The van der Waals surface area contributed by atoms with Crippen molar-refractivity contribution in [1.82, 2.24) is 24.8 Å². The fourth-order valence-corrected chi connectivity index (χ4v) is 1.94. The summed E-state index contributed by atoms with van der Waals surface area (Å²) in [6, 6.07) is 1.69. The standard InChI is InChI=1S/C14H17F3N6O/c1-9-10(2)23(8-22-9)12-5-11(20-7-21-12)18-3-4-19-13(24)6-14(15,16)17/h5,7-8H,3-4,6H2,1-2H3,(H,19,24)(H,18,20,21). The summed E-state index contributed by atoms with van der Waals surface area (Å²) in [7, 11) is 0. The van der Waals surface area contributed by atoms with Crippen LogP contribution in [0, 0.1) is 13.8 Å². The number of nitrogens with one attached hydrogen (secondary N) is 2. The number of carbonyl (C=O) groups is 1. The Morgan fingerprint density at radius 3 is 2.58 bits per heavy atom. The Balaban J connectivity index is 1.87. The average molecular weight is 342 g/mol. The smallest absolute Gasteiger partial charge is 0.368 e. The minimum Gasteiger partial charge on any atom is -0.368 e. The maximum Gasteiger partial charge on any atom is 0.397 e. The summed E-state index contributed by atoms with van der Waals surface area (Å²) >= 11 is 0. The number of carbonyl (C=O) groups excluding carboxylic acids is 1. The number of anilines is 1. The highest BCUT2D eigenvalue weighted by Crippen LogP contribution is 2.18. The molecule has 2 aromatic rings. The van der Waals surface area contributed by atoms with Gasteiger partial charge in [-0.3, -0.25) is 9.36 Å². The summed E-state index contributed by atoms with van der Waals surface area (Å²) in [5.74, 6) is 0.0553. The summed E-state index contributed by atoms with van der Waals surface area (Å²) in [4.78, 5) is 23.4. The van der Waals surface area contributed by atoms with E-state index in [1.165, 1.54) is 6.33 Å². The second-order valence-electron chi connectivity index (χ2n) is 5.12. The van der Waals surface area contributed by atoms with Gasteiger partial charge < -0.3 is 10.6 Å². The van der Waals surface area contributed by atoms with Crippen molar-refractivity contribution in [1.29, 1.82) is 0 Å². The number of rotatable bonds is 6. The average Bonchev–Trinajstić information content (AvgIpc) is 2.82. The molecule has 2 aromatic heterocycles. The summed E-state index contributed by atoms with van der Waals surface area (Å²) < 4.78 is 37.9. The number of hydrogen-bond donors (Lipinski definition) is 2. The highest BCUT2D eigenvalue weighted by Gasteiger charge is 2.30. The van der Waals surface area contributed by atoms with Crippen LogP contribution in [0.2, 0.25) is 0 Å². The first kappa shape index (κ1) is 17.7. The molecule has 0 aliphatic heterocycles. The molecule has 2 heterocycles.